The first-order chi connectivity index (χ1) is 14.1. The van der Waals surface area contributed by atoms with Gasteiger partial charge in [-0.05, 0) is 68.6 Å². The van der Waals surface area contributed by atoms with Crippen LogP contribution >= 0.6 is 35.6 Å². The third kappa shape index (κ3) is 4.17. The quantitative estimate of drug-likeness (QED) is 0.514. The second kappa shape index (κ2) is 8.75. The summed E-state index contributed by atoms with van der Waals surface area (Å²) >= 11 is 12.7. The van der Waals surface area contributed by atoms with Crippen LogP contribution in [0.5, 0.6) is 0 Å². The number of halogens is 3. The Morgan fingerprint density at radius 2 is 1.77 bits per heavy atom. The third-order valence-electron chi connectivity index (χ3n) is 6.02. The lowest BCUT2D eigenvalue weighted by atomic mass is 9.95. The Morgan fingerprint density at radius 1 is 1.07 bits per heavy atom. The second-order valence-corrected chi connectivity index (χ2v) is 8.77. The highest BCUT2D eigenvalue weighted by atomic mass is 35.5. The van der Waals surface area contributed by atoms with Gasteiger partial charge in [0.05, 0.1) is 5.52 Å². The number of anilines is 1. The maximum Gasteiger partial charge on any atom is 0.228 e. The van der Waals surface area contributed by atoms with Gasteiger partial charge in [-0.2, -0.15) is 5.10 Å². The highest BCUT2D eigenvalue weighted by Gasteiger charge is 2.33. The van der Waals surface area contributed by atoms with Crippen molar-refractivity contribution in [3.05, 3.63) is 46.4 Å². The normalized spacial score (nSPS) is 17.7. The zero-order valence-electron chi connectivity index (χ0n) is 16.3. The Kier molecular flexibility index (Phi) is 6.26. The molecular formula is C22H23Cl3N4O. The molecule has 5 rings (SSSR count). The molecule has 158 valence electrons. The molecule has 2 N–H and O–H groups in total. The van der Waals surface area contributed by atoms with Gasteiger partial charge in [0.15, 0.2) is 5.82 Å². The molecule has 0 radical (unpaired) electrons. The number of nitrogens with one attached hydrogen (secondary N) is 2. The van der Waals surface area contributed by atoms with Crippen LogP contribution in [0.2, 0.25) is 10.0 Å². The largest absolute Gasteiger partial charge is 0.308 e. The zero-order valence-corrected chi connectivity index (χ0v) is 18.7. The summed E-state index contributed by atoms with van der Waals surface area (Å²) in [5, 5.41) is 12.4. The Bertz CT molecular complexity index is 1050. The summed E-state index contributed by atoms with van der Waals surface area (Å²) in [6.45, 7) is 2.03. The maximum absolute atomic E-state index is 12.8. The number of hydrogen-bond donors (Lipinski definition) is 2. The summed E-state index contributed by atoms with van der Waals surface area (Å²) in [6.07, 6.45) is 4.44. The summed E-state index contributed by atoms with van der Waals surface area (Å²) < 4.78 is 0. The Hall–Kier alpha value is -1.79. The van der Waals surface area contributed by atoms with Gasteiger partial charge < -0.3 is 10.2 Å². The van der Waals surface area contributed by atoms with Gasteiger partial charge in [0.2, 0.25) is 5.91 Å². The van der Waals surface area contributed by atoms with E-state index in [1.54, 1.807) is 0 Å². The first kappa shape index (κ1) is 21.4. The highest BCUT2D eigenvalue weighted by Crippen LogP contribution is 2.37. The van der Waals surface area contributed by atoms with Crippen LogP contribution in [-0.2, 0) is 4.79 Å². The van der Waals surface area contributed by atoms with E-state index in [0.717, 1.165) is 54.0 Å². The van der Waals surface area contributed by atoms with Crippen molar-refractivity contribution in [3.8, 4) is 11.1 Å². The lowest BCUT2D eigenvalue weighted by Gasteiger charge is -2.31. The average Bonchev–Trinajstić information content (AvgIpc) is 3.50. The van der Waals surface area contributed by atoms with Crippen LogP contribution in [-0.4, -0.2) is 40.1 Å². The van der Waals surface area contributed by atoms with Crippen molar-refractivity contribution in [2.24, 2.45) is 5.92 Å². The van der Waals surface area contributed by atoms with Crippen molar-refractivity contribution in [3.63, 3.8) is 0 Å². The minimum absolute atomic E-state index is 0. The predicted octanol–water partition coefficient (Wildman–Crippen LogP) is 5.77. The number of hydrogen-bond acceptors (Lipinski definition) is 3. The van der Waals surface area contributed by atoms with Crippen molar-refractivity contribution in [1.29, 1.82) is 0 Å². The number of nitrogens with zero attached hydrogens (tertiary/aromatic N) is 2. The number of carbonyl (C=O) groups excluding carboxylic acids is 1. The van der Waals surface area contributed by atoms with E-state index in [0.29, 0.717) is 15.9 Å². The van der Waals surface area contributed by atoms with Gasteiger partial charge >= 0.3 is 0 Å². The molecule has 1 saturated carbocycles. The monoisotopic (exact) mass is 464 g/mol. The Labute approximate surface area is 191 Å². The van der Waals surface area contributed by atoms with Crippen LogP contribution in [0.15, 0.2) is 36.4 Å². The van der Waals surface area contributed by atoms with E-state index in [2.05, 4.69) is 20.4 Å². The number of aromatic amines is 1. The van der Waals surface area contributed by atoms with Crippen molar-refractivity contribution in [1.82, 2.24) is 15.1 Å². The fraction of sp³-hybridized carbons (Fsp3) is 0.364. The number of fused-ring (bicyclic) bond motifs is 1. The van der Waals surface area contributed by atoms with Crippen LogP contribution in [0.4, 0.5) is 5.82 Å². The molecule has 5 nitrogen and oxygen atoms in total. The predicted molar refractivity (Wildman–Crippen MR) is 125 cm³/mol. The lowest BCUT2D eigenvalue weighted by Crippen LogP contribution is -2.39. The minimum atomic E-state index is 0. The van der Waals surface area contributed by atoms with E-state index in [4.69, 9.17) is 23.2 Å². The molecule has 3 aromatic rings. The molecule has 1 aliphatic heterocycles. The highest BCUT2D eigenvalue weighted by molar-refractivity contribution is 6.39. The molecule has 0 unspecified atom stereocenters. The van der Waals surface area contributed by atoms with Crippen LogP contribution < -0.4 is 5.32 Å². The number of piperidine rings is 1. The van der Waals surface area contributed by atoms with Gasteiger partial charge in [-0.3, -0.25) is 9.89 Å². The van der Waals surface area contributed by atoms with Gasteiger partial charge in [0.25, 0.3) is 0 Å². The SMILES string of the molecule is Cl.O=C(Nc1n[nH]c2ccc(-c3c(Cl)cccc3Cl)cc12)C1CCN(C2CC2)CC1. The van der Waals surface area contributed by atoms with E-state index in [1.165, 1.54) is 12.8 Å². The average molecular weight is 466 g/mol. The van der Waals surface area contributed by atoms with Gasteiger partial charge in [-0.25, -0.2) is 0 Å². The van der Waals surface area contributed by atoms with E-state index in [9.17, 15) is 4.79 Å². The van der Waals surface area contributed by atoms with Crippen molar-refractivity contribution in [2.75, 3.05) is 18.4 Å². The molecule has 2 heterocycles. The van der Waals surface area contributed by atoms with E-state index >= 15 is 0 Å². The number of rotatable bonds is 4. The summed E-state index contributed by atoms with van der Waals surface area (Å²) in [6, 6.07) is 12.1. The topological polar surface area (TPSA) is 61.0 Å². The summed E-state index contributed by atoms with van der Waals surface area (Å²) in [5.74, 6) is 0.646. The first-order valence-electron chi connectivity index (χ1n) is 10.1. The number of likely N-dealkylation sites (tertiary alicyclic amines) is 1. The van der Waals surface area contributed by atoms with E-state index < -0.39 is 0 Å². The van der Waals surface area contributed by atoms with Crippen LogP contribution in [0.1, 0.15) is 25.7 Å². The fourth-order valence-electron chi connectivity index (χ4n) is 4.22. The number of amides is 1. The molecule has 0 atom stereocenters. The van der Waals surface area contributed by atoms with Gasteiger partial charge in [0, 0.05) is 33.0 Å². The Morgan fingerprint density at radius 3 is 2.43 bits per heavy atom. The van der Waals surface area contributed by atoms with E-state index in [1.807, 2.05) is 36.4 Å². The molecule has 1 saturated heterocycles. The zero-order chi connectivity index (χ0) is 20.0. The summed E-state index contributed by atoms with van der Waals surface area (Å²) in [5.41, 5.74) is 2.53. The molecule has 30 heavy (non-hydrogen) atoms. The summed E-state index contributed by atoms with van der Waals surface area (Å²) in [7, 11) is 0. The van der Waals surface area contributed by atoms with Gasteiger partial charge in [0.1, 0.15) is 0 Å². The van der Waals surface area contributed by atoms with Gasteiger partial charge in [-0.15, -0.1) is 12.4 Å². The molecule has 2 fully saturated rings. The van der Waals surface area contributed by atoms with Gasteiger partial charge in [-0.1, -0.05) is 35.3 Å². The smallest absolute Gasteiger partial charge is 0.228 e. The molecule has 1 aromatic heterocycles. The molecule has 1 amide bonds. The van der Waals surface area contributed by atoms with Crippen LogP contribution in [0, 0.1) is 5.92 Å². The van der Waals surface area contributed by atoms with Crippen molar-refractivity contribution >= 4 is 58.2 Å². The van der Waals surface area contributed by atoms with Crippen LogP contribution in [0.3, 0.4) is 0 Å². The van der Waals surface area contributed by atoms with Crippen molar-refractivity contribution in [2.45, 2.75) is 31.7 Å². The van der Waals surface area contributed by atoms with Crippen LogP contribution in [0.25, 0.3) is 22.0 Å². The molecular weight excluding hydrogens is 443 g/mol. The summed E-state index contributed by atoms with van der Waals surface area (Å²) in [4.78, 5) is 15.4. The fourth-order valence-corrected chi connectivity index (χ4v) is 4.84. The first-order valence-corrected chi connectivity index (χ1v) is 10.8. The molecule has 8 heteroatoms. The molecule has 2 aliphatic rings. The maximum atomic E-state index is 12.8. The molecule has 0 spiro atoms. The molecule has 0 bridgehead atoms. The standard InChI is InChI=1S/C22H22Cl2N4O.ClH/c23-17-2-1-3-18(24)20(17)14-4-7-19-16(12-14)21(27-26-19)25-22(29)13-8-10-28(11-9-13)15-5-6-15;/h1-4,7,12-13,15H,5-6,8-11H2,(H2,25,26,27,29);1H. The van der Waals surface area contributed by atoms with Crippen molar-refractivity contribution < 1.29 is 4.79 Å². The lowest BCUT2D eigenvalue weighted by molar-refractivity contribution is -0.121. The number of benzene rings is 2. The number of carbonyl (C=O) groups is 1. The number of aromatic nitrogens is 2. The molecule has 1 aliphatic carbocycles. The Balaban J connectivity index is 0.00000218. The number of H-pyrrole nitrogens is 1. The minimum Gasteiger partial charge on any atom is -0.308 e. The molecule has 2 aromatic carbocycles. The van der Waals surface area contributed by atoms with E-state index in [-0.39, 0.29) is 24.2 Å². The second-order valence-electron chi connectivity index (χ2n) is 7.96. The third-order valence-corrected chi connectivity index (χ3v) is 6.65.